The molecule has 0 heterocycles. The average Bonchev–Trinajstić information content (AvgIpc) is 2.44. The van der Waals surface area contributed by atoms with Gasteiger partial charge in [0.25, 0.3) is 0 Å². The van der Waals surface area contributed by atoms with E-state index < -0.39 is 0 Å². The van der Waals surface area contributed by atoms with E-state index in [1.165, 1.54) is 0 Å². The van der Waals surface area contributed by atoms with Crippen LogP contribution in [0.4, 0.5) is 0 Å². The summed E-state index contributed by atoms with van der Waals surface area (Å²) < 4.78 is 11.5. The fourth-order valence-electron chi connectivity index (χ4n) is 1.89. The Bertz CT molecular complexity index is 478. The summed E-state index contributed by atoms with van der Waals surface area (Å²) in [6.07, 6.45) is 0.799. The molecule has 2 N–H and O–H groups in total. The molecule has 2 rings (SSSR count). The number of hydrogen-bond donors (Lipinski definition) is 1. The van der Waals surface area contributed by atoms with Gasteiger partial charge in [0.15, 0.2) is 11.5 Å². The zero-order chi connectivity index (χ0) is 13.5. The van der Waals surface area contributed by atoms with Gasteiger partial charge in [-0.1, -0.05) is 30.3 Å². The summed E-state index contributed by atoms with van der Waals surface area (Å²) in [6.45, 7) is 3.18. The molecule has 3 nitrogen and oxygen atoms in total. The van der Waals surface area contributed by atoms with Crippen LogP contribution in [-0.4, -0.2) is 13.2 Å². The van der Waals surface area contributed by atoms with Crippen molar-refractivity contribution in [1.82, 2.24) is 0 Å². The second-order valence-corrected chi connectivity index (χ2v) is 4.13. The lowest BCUT2D eigenvalue weighted by atomic mass is 10.1. The molecule has 0 aliphatic heterocycles. The second kappa shape index (κ2) is 6.81. The minimum Gasteiger partial charge on any atom is -0.490 e. The Kier molecular flexibility index (Phi) is 4.81. The summed E-state index contributed by atoms with van der Waals surface area (Å²) in [6, 6.07) is 15.6. The van der Waals surface area contributed by atoms with Crippen molar-refractivity contribution < 1.29 is 9.47 Å². The molecule has 0 unspecified atom stereocenters. The van der Waals surface area contributed by atoms with Crippen LogP contribution in [0.5, 0.6) is 17.2 Å². The van der Waals surface area contributed by atoms with E-state index in [9.17, 15) is 0 Å². The van der Waals surface area contributed by atoms with Gasteiger partial charge in [0.2, 0.25) is 0 Å². The van der Waals surface area contributed by atoms with E-state index >= 15 is 0 Å². The van der Waals surface area contributed by atoms with E-state index in [2.05, 4.69) is 0 Å². The Morgan fingerprint density at radius 2 is 1.53 bits per heavy atom. The summed E-state index contributed by atoms with van der Waals surface area (Å²) >= 11 is 0. The smallest absolute Gasteiger partial charge is 0.169 e. The van der Waals surface area contributed by atoms with Crippen molar-refractivity contribution in [3.8, 4) is 17.2 Å². The van der Waals surface area contributed by atoms with E-state index in [1.54, 1.807) is 0 Å². The third-order valence-corrected chi connectivity index (χ3v) is 2.76. The number of ether oxygens (including phenoxy) is 2. The summed E-state index contributed by atoms with van der Waals surface area (Å²) in [5, 5.41) is 0. The third kappa shape index (κ3) is 3.48. The highest BCUT2D eigenvalue weighted by molar-refractivity contribution is 5.44. The maximum absolute atomic E-state index is 5.97. The van der Waals surface area contributed by atoms with Crippen LogP contribution in [0.15, 0.2) is 48.5 Å². The van der Waals surface area contributed by atoms with E-state index in [0.29, 0.717) is 13.2 Å². The first-order valence-corrected chi connectivity index (χ1v) is 6.52. The average molecular weight is 257 g/mol. The van der Waals surface area contributed by atoms with Crippen LogP contribution < -0.4 is 15.2 Å². The van der Waals surface area contributed by atoms with E-state index in [4.69, 9.17) is 15.2 Å². The molecule has 0 saturated heterocycles. The molecule has 0 bridgehead atoms. The molecule has 0 radical (unpaired) electrons. The molecular formula is C16H19NO2. The van der Waals surface area contributed by atoms with Crippen molar-refractivity contribution in [2.24, 2.45) is 5.73 Å². The normalized spacial score (nSPS) is 10.2. The highest BCUT2D eigenvalue weighted by Crippen LogP contribution is 2.32. The van der Waals surface area contributed by atoms with Gasteiger partial charge < -0.3 is 15.2 Å². The van der Waals surface area contributed by atoms with Crippen LogP contribution in [-0.2, 0) is 6.42 Å². The van der Waals surface area contributed by atoms with Crippen LogP contribution in [0.2, 0.25) is 0 Å². The standard InChI is InChI=1S/C16H19NO2/c1-2-18-15-9-5-6-10-16(15)19-14-8-4-3-7-13(14)11-12-17/h3-10H,2,11-12,17H2,1H3. The zero-order valence-electron chi connectivity index (χ0n) is 11.1. The molecule has 2 aromatic carbocycles. The minimum absolute atomic E-state index is 0.605. The molecule has 0 spiro atoms. The van der Waals surface area contributed by atoms with Crippen molar-refractivity contribution in [1.29, 1.82) is 0 Å². The monoisotopic (exact) mass is 257 g/mol. The zero-order valence-corrected chi connectivity index (χ0v) is 11.1. The largest absolute Gasteiger partial charge is 0.490 e. The topological polar surface area (TPSA) is 44.5 Å². The summed E-state index contributed by atoms with van der Waals surface area (Å²) in [5.41, 5.74) is 6.73. The van der Waals surface area contributed by atoms with E-state index in [-0.39, 0.29) is 0 Å². The molecule has 0 amide bonds. The SMILES string of the molecule is CCOc1ccccc1Oc1ccccc1CCN. The lowest BCUT2D eigenvalue weighted by Crippen LogP contribution is -2.04. The van der Waals surface area contributed by atoms with Gasteiger partial charge in [-0.25, -0.2) is 0 Å². The number of para-hydroxylation sites is 3. The van der Waals surface area contributed by atoms with Gasteiger partial charge in [-0.05, 0) is 43.7 Å². The molecule has 3 heteroatoms. The molecule has 0 fully saturated rings. The maximum Gasteiger partial charge on any atom is 0.169 e. The van der Waals surface area contributed by atoms with E-state index in [0.717, 1.165) is 29.2 Å². The molecule has 100 valence electrons. The predicted octanol–water partition coefficient (Wildman–Crippen LogP) is 3.38. The molecule has 0 aliphatic rings. The van der Waals surface area contributed by atoms with Crippen LogP contribution in [0.1, 0.15) is 12.5 Å². The van der Waals surface area contributed by atoms with Crippen LogP contribution in [0.25, 0.3) is 0 Å². The number of nitrogens with two attached hydrogens (primary N) is 1. The van der Waals surface area contributed by atoms with Gasteiger partial charge in [-0.15, -0.1) is 0 Å². The van der Waals surface area contributed by atoms with Crippen LogP contribution in [0.3, 0.4) is 0 Å². The summed E-state index contributed by atoms with van der Waals surface area (Å²) in [7, 11) is 0. The van der Waals surface area contributed by atoms with Gasteiger partial charge >= 0.3 is 0 Å². The molecule has 19 heavy (non-hydrogen) atoms. The van der Waals surface area contributed by atoms with Crippen molar-refractivity contribution in [2.45, 2.75) is 13.3 Å². The van der Waals surface area contributed by atoms with Crippen LogP contribution >= 0.6 is 0 Å². The first-order valence-electron chi connectivity index (χ1n) is 6.52. The van der Waals surface area contributed by atoms with Gasteiger partial charge in [0.05, 0.1) is 6.61 Å². The minimum atomic E-state index is 0.605. The summed E-state index contributed by atoms with van der Waals surface area (Å²) in [4.78, 5) is 0. The van der Waals surface area contributed by atoms with Gasteiger partial charge in [-0.3, -0.25) is 0 Å². The van der Waals surface area contributed by atoms with Gasteiger partial charge in [-0.2, -0.15) is 0 Å². The summed E-state index contributed by atoms with van der Waals surface area (Å²) in [5.74, 6) is 2.32. The van der Waals surface area contributed by atoms with Crippen molar-refractivity contribution >= 4 is 0 Å². The highest BCUT2D eigenvalue weighted by Gasteiger charge is 2.08. The first kappa shape index (κ1) is 13.4. The number of benzene rings is 2. The molecule has 2 aromatic rings. The van der Waals surface area contributed by atoms with E-state index in [1.807, 2.05) is 55.5 Å². The quantitative estimate of drug-likeness (QED) is 0.862. The fourth-order valence-corrected chi connectivity index (χ4v) is 1.89. The fraction of sp³-hybridized carbons (Fsp3) is 0.250. The lowest BCUT2D eigenvalue weighted by Gasteiger charge is -2.13. The van der Waals surface area contributed by atoms with Gasteiger partial charge in [0, 0.05) is 0 Å². The Labute approximate surface area is 114 Å². The molecule has 0 atom stereocenters. The van der Waals surface area contributed by atoms with Crippen molar-refractivity contribution in [3.63, 3.8) is 0 Å². The number of hydrogen-bond acceptors (Lipinski definition) is 3. The molecule has 0 aromatic heterocycles. The molecular weight excluding hydrogens is 238 g/mol. The maximum atomic E-state index is 5.97. The Morgan fingerprint density at radius 1 is 0.895 bits per heavy atom. The van der Waals surface area contributed by atoms with Crippen molar-refractivity contribution in [3.05, 3.63) is 54.1 Å². The van der Waals surface area contributed by atoms with Crippen LogP contribution in [0, 0.1) is 0 Å². The Balaban J connectivity index is 2.25. The Hall–Kier alpha value is -2.00. The highest BCUT2D eigenvalue weighted by atomic mass is 16.5. The molecule has 0 aliphatic carbocycles. The number of rotatable bonds is 6. The second-order valence-electron chi connectivity index (χ2n) is 4.13. The van der Waals surface area contributed by atoms with Gasteiger partial charge in [0.1, 0.15) is 5.75 Å². The third-order valence-electron chi connectivity index (χ3n) is 2.76. The first-order chi connectivity index (χ1) is 9.35. The molecule has 0 saturated carbocycles. The van der Waals surface area contributed by atoms with Crippen molar-refractivity contribution in [2.75, 3.05) is 13.2 Å². The Morgan fingerprint density at radius 3 is 2.21 bits per heavy atom. The lowest BCUT2D eigenvalue weighted by molar-refractivity contribution is 0.321. The predicted molar refractivity (Wildman–Crippen MR) is 76.9 cm³/mol.